The van der Waals surface area contributed by atoms with E-state index in [1.165, 1.54) is 0 Å². The molecule has 2 rings (SSSR count). The van der Waals surface area contributed by atoms with Crippen LogP contribution in [0.1, 0.15) is 37.0 Å². The first-order valence-corrected chi connectivity index (χ1v) is 7.32. The molecule has 116 valence electrons. The minimum atomic E-state index is -0.567. The Morgan fingerprint density at radius 2 is 1.95 bits per heavy atom. The van der Waals surface area contributed by atoms with Crippen molar-refractivity contribution in [2.45, 2.75) is 38.3 Å². The maximum absolute atomic E-state index is 12.3. The maximum Gasteiger partial charge on any atom is 0.251 e. The van der Waals surface area contributed by atoms with E-state index in [0.717, 1.165) is 5.75 Å². The molecule has 1 aromatic rings. The van der Waals surface area contributed by atoms with E-state index in [4.69, 9.17) is 9.47 Å². The quantitative estimate of drug-likeness (QED) is 0.868. The summed E-state index contributed by atoms with van der Waals surface area (Å²) in [5, 5.41) is 12.5. The van der Waals surface area contributed by atoms with Crippen molar-refractivity contribution in [1.82, 2.24) is 5.32 Å². The van der Waals surface area contributed by atoms with Gasteiger partial charge in [0.25, 0.3) is 5.91 Å². The summed E-state index contributed by atoms with van der Waals surface area (Å²) in [6.45, 7) is 4.95. The van der Waals surface area contributed by atoms with Gasteiger partial charge in [0.15, 0.2) is 0 Å². The first kappa shape index (κ1) is 15.8. The highest BCUT2D eigenvalue weighted by Crippen LogP contribution is 2.21. The fraction of sp³-hybridized carbons (Fsp3) is 0.562. The van der Waals surface area contributed by atoms with E-state index >= 15 is 0 Å². The summed E-state index contributed by atoms with van der Waals surface area (Å²) < 4.78 is 10.8. The Labute approximate surface area is 125 Å². The number of aliphatic hydroxyl groups is 1. The molecule has 2 N–H and O–H groups in total. The van der Waals surface area contributed by atoms with Gasteiger partial charge in [-0.1, -0.05) is 0 Å². The summed E-state index contributed by atoms with van der Waals surface area (Å²) in [6.07, 6.45) is 1.36. The van der Waals surface area contributed by atoms with Crippen molar-refractivity contribution >= 4 is 5.91 Å². The zero-order valence-electron chi connectivity index (χ0n) is 12.6. The molecule has 0 atom stereocenters. The second-order valence-corrected chi connectivity index (χ2v) is 5.70. The number of hydrogen-bond acceptors (Lipinski definition) is 4. The van der Waals surface area contributed by atoms with E-state index in [0.29, 0.717) is 31.6 Å². The summed E-state index contributed by atoms with van der Waals surface area (Å²) in [5.74, 6) is 0.562. The number of ether oxygens (including phenoxy) is 2. The van der Waals surface area contributed by atoms with E-state index in [2.05, 4.69) is 5.32 Å². The fourth-order valence-electron chi connectivity index (χ4n) is 2.35. The molecular formula is C16H23NO4. The van der Waals surface area contributed by atoms with Crippen molar-refractivity contribution < 1.29 is 19.4 Å². The van der Waals surface area contributed by atoms with Gasteiger partial charge in [0, 0.05) is 18.8 Å². The highest BCUT2D eigenvalue weighted by atomic mass is 16.5. The largest absolute Gasteiger partial charge is 0.491 e. The van der Waals surface area contributed by atoms with Gasteiger partial charge in [-0.3, -0.25) is 4.79 Å². The van der Waals surface area contributed by atoms with Gasteiger partial charge in [-0.2, -0.15) is 0 Å². The molecule has 1 fully saturated rings. The van der Waals surface area contributed by atoms with Crippen LogP contribution in [0.25, 0.3) is 0 Å². The molecule has 0 spiro atoms. The van der Waals surface area contributed by atoms with Crippen molar-refractivity contribution in [3.05, 3.63) is 29.8 Å². The number of rotatable bonds is 5. The van der Waals surface area contributed by atoms with Crippen LogP contribution in [0, 0.1) is 0 Å². The van der Waals surface area contributed by atoms with Crippen LogP contribution >= 0.6 is 0 Å². The summed E-state index contributed by atoms with van der Waals surface area (Å²) in [7, 11) is 0. The Morgan fingerprint density at radius 3 is 2.48 bits per heavy atom. The van der Waals surface area contributed by atoms with Crippen LogP contribution in [0.4, 0.5) is 0 Å². The molecular weight excluding hydrogens is 270 g/mol. The molecule has 1 amide bonds. The molecule has 0 radical (unpaired) electrons. The predicted molar refractivity (Wildman–Crippen MR) is 79.5 cm³/mol. The van der Waals surface area contributed by atoms with Crippen LogP contribution in [0.5, 0.6) is 5.75 Å². The Hall–Kier alpha value is -1.59. The first-order chi connectivity index (χ1) is 10.0. The van der Waals surface area contributed by atoms with E-state index in [1.807, 2.05) is 13.8 Å². The number of nitrogens with one attached hydrogen (secondary N) is 1. The summed E-state index contributed by atoms with van der Waals surface area (Å²) in [6, 6.07) is 7.03. The normalized spacial score (nSPS) is 17.5. The summed E-state index contributed by atoms with van der Waals surface area (Å²) in [4.78, 5) is 12.3. The highest BCUT2D eigenvalue weighted by Gasteiger charge is 2.33. The molecule has 21 heavy (non-hydrogen) atoms. The van der Waals surface area contributed by atoms with Crippen molar-refractivity contribution in [2.24, 2.45) is 0 Å². The molecule has 1 saturated heterocycles. The Morgan fingerprint density at radius 1 is 1.33 bits per heavy atom. The fourth-order valence-corrected chi connectivity index (χ4v) is 2.35. The molecule has 0 bridgehead atoms. The standard InChI is InChI=1S/C16H23NO4/c1-12(2)21-14-5-3-13(4-6-14)15(19)17-16(11-18)7-9-20-10-8-16/h3-6,12,18H,7-11H2,1-2H3,(H,17,19). The minimum Gasteiger partial charge on any atom is -0.491 e. The van der Waals surface area contributed by atoms with Crippen LogP contribution in [-0.2, 0) is 4.74 Å². The SMILES string of the molecule is CC(C)Oc1ccc(C(=O)NC2(CO)CCOCC2)cc1. The third-order valence-corrected chi connectivity index (χ3v) is 3.62. The molecule has 1 aromatic carbocycles. The molecule has 0 aliphatic carbocycles. The summed E-state index contributed by atoms with van der Waals surface area (Å²) >= 11 is 0. The van der Waals surface area contributed by atoms with E-state index < -0.39 is 5.54 Å². The lowest BCUT2D eigenvalue weighted by atomic mass is 9.90. The summed E-state index contributed by atoms with van der Waals surface area (Å²) in [5.41, 5.74) is -0.00645. The monoisotopic (exact) mass is 293 g/mol. The van der Waals surface area contributed by atoms with Crippen molar-refractivity contribution in [2.75, 3.05) is 19.8 Å². The number of amides is 1. The van der Waals surface area contributed by atoms with E-state index in [9.17, 15) is 9.90 Å². The van der Waals surface area contributed by atoms with Gasteiger partial charge in [0.1, 0.15) is 5.75 Å². The Kier molecular flexibility index (Phi) is 5.20. The minimum absolute atomic E-state index is 0.0728. The number of hydrogen-bond donors (Lipinski definition) is 2. The average Bonchev–Trinajstić information content (AvgIpc) is 2.48. The van der Waals surface area contributed by atoms with Crippen molar-refractivity contribution in [3.8, 4) is 5.75 Å². The van der Waals surface area contributed by atoms with Gasteiger partial charge < -0.3 is 19.9 Å². The van der Waals surface area contributed by atoms with Gasteiger partial charge in [0.2, 0.25) is 0 Å². The van der Waals surface area contributed by atoms with Crippen LogP contribution < -0.4 is 10.1 Å². The van der Waals surface area contributed by atoms with Gasteiger partial charge in [0.05, 0.1) is 18.2 Å². The zero-order valence-corrected chi connectivity index (χ0v) is 12.6. The number of benzene rings is 1. The van der Waals surface area contributed by atoms with Gasteiger partial charge in [-0.25, -0.2) is 0 Å². The van der Waals surface area contributed by atoms with Gasteiger partial charge in [-0.05, 0) is 51.0 Å². The van der Waals surface area contributed by atoms with Crippen molar-refractivity contribution in [1.29, 1.82) is 0 Å². The molecule has 1 aliphatic heterocycles. The molecule has 0 unspecified atom stereocenters. The van der Waals surface area contributed by atoms with Crippen molar-refractivity contribution in [3.63, 3.8) is 0 Å². The molecule has 5 heteroatoms. The first-order valence-electron chi connectivity index (χ1n) is 7.32. The molecule has 0 saturated carbocycles. The zero-order chi connectivity index (χ0) is 15.3. The lowest BCUT2D eigenvalue weighted by Gasteiger charge is -2.36. The second-order valence-electron chi connectivity index (χ2n) is 5.70. The van der Waals surface area contributed by atoms with Gasteiger partial charge >= 0.3 is 0 Å². The second kappa shape index (κ2) is 6.91. The van der Waals surface area contributed by atoms with E-state index in [-0.39, 0.29) is 18.6 Å². The molecule has 5 nitrogen and oxygen atoms in total. The number of carbonyl (C=O) groups excluding carboxylic acids is 1. The Balaban J connectivity index is 2.02. The smallest absolute Gasteiger partial charge is 0.251 e. The van der Waals surface area contributed by atoms with Crippen LogP contribution in [0.2, 0.25) is 0 Å². The lowest BCUT2D eigenvalue weighted by Crippen LogP contribution is -2.54. The topological polar surface area (TPSA) is 67.8 Å². The highest BCUT2D eigenvalue weighted by molar-refractivity contribution is 5.94. The number of aliphatic hydroxyl groups excluding tert-OH is 1. The van der Waals surface area contributed by atoms with Crippen LogP contribution in [0.3, 0.4) is 0 Å². The number of carbonyl (C=O) groups is 1. The van der Waals surface area contributed by atoms with E-state index in [1.54, 1.807) is 24.3 Å². The third-order valence-electron chi connectivity index (χ3n) is 3.62. The third kappa shape index (κ3) is 4.19. The molecule has 1 aliphatic rings. The molecule has 1 heterocycles. The van der Waals surface area contributed by atoms with Crippen LogP contribution in [-0.4, -0.2) is 42.5 Å². The Bertz CT molecular complexity index is 464. The lowest BCUT2D eigenvalue weighted by molar-refractivity contribution is 0.0125. The molecule has 0 aromatic heterocycles. The predicted octanol–water partition coefficient (Wildman–Crippen LogP) is 1.75. The average molecular weight is 293 g/mol. The van der Waals surface area contributed by atoms with Gasteiger partial charge in [-0.15, -0.1) is 0 Å². The van der Waals surface area contributed by atoms with Crippen LogP contribution in [0.15, 0.2) is 24.3 Å². The maximum atomic E-state index is 12.3.